The van der Waals surface area contributed by atoms with E-state index in [1.165, 1.54) is 6.92 Å². The van der Waals surface area contributed by atoms with Gasteiger partial charge in [-0.25, -0.2) is 4.98 Å². The zero-order valence-electron chi connectivity index (χ0n) is 6.96. The number of oxime groups is 1. The molecule has 0 unspecified atom stereocenters. The van der Waals surface area contributed by atoms with Crippen LogP contribution < -0.4 is 10.6 Å². The summed E-state index contributed by atoms with van der Waals surface area (Å²) >= 11 is 16.8. The molecule has 0 saturated carbocycles. The first-order valence-corrected chi connectivity index (χ1v) is 4.49. The van der Waals surface area contributed by atoms with Crippen molar-refractivity contribution in [2.75, 3.05) is 0 Å². The lowest BCUT2D eigenvalue weighted by Gasteiger charge is -2.01. The Morgan fingerprint density at radius 2 is 2.00 bits per heavy atom. The van der Waals surface area contributed by atoms with Gasteiger partial charge in [-0.3, -0.25) is 0 Å². The van der Waals surface area contributed by atoms with Crippen molar-refractivity contribution < 1.29 is 4.84 Å². The van der Waals surface area contributed by atoms with Crippen molar-refractivity contribution in [3.05, 3.63) is 15.5 Å². The molecule has 0 spiro atoms. The molecule has 1 aromatic heterocycles. The van der Waals surface area contributed by atoms with Gasteiger partial charge in [0.15, 0.2) is 5.15 Å². The minimum Gasteiger partial charge on any atom is -0.385 e. The largest absolute Gasteiger partial charge is 0.385 e. The van der Waals surface area contributed by atoms with Gasteiger partial charge in [0.2, 0.25) is 5.28 Å². The van der Waals surface area contributed by atoms with Gasteiger partial charge in [-0.15, -0.1) is 0 Å². The summed E-state index contributed by atoms with van der Waals surface area (Å²) in [4.78, 5) is 12.0. The maximum absolute atomic E-state index is 5.70. The van der Waals surface area contributed by atoms with Gasteiger partial charge in [0.1, 0.15) is 10.9 Å². The lowest BCUT2D eigenvalue weighted by molar-refractivity contribution is 0.326. The SMILES string of the molecule is C/C(N)=N/Oc1nc(Cl)nc(Cl)c1Cl. The first kappa shape index (κ1) is 11.3. The fraction of sp³-hybridized carbons (Fsp3) is 0.167. The zero-order valence-corrected chi connectivity index (χ0v) is 9.23. The highest BCUT2D eigenvalue weighted by atomic mass is 35.5. The molecular weight excluding hydrogens is 250 g/mol. The number of aromatic nitrogens is 2. The summed E-state index contributed by atoms with van der Waals surface area (Å²) in [6.07, 6.45) is 0. The normalized spacial score (nSPS) is 11.6. The quantitative estimate of drug-likeness (QED) is 0.289. The molecule has 8 heteroatoms. The van der Waals surface area contributed by atoms with Crippen molar-refractivity contribution >= 4 is 40.6 Å². The molecule has 1 aromatic rings. The Bertz CT molecular complexity index is 378. The van der Waals surface area contributed by atoms with Gasteiger partial charge in [-0.2, -0.15) is 4.98 Å². The molecule has 0 amide bonds. The number of hydrogen-bond acceptors (Lipinski definition) is 4. The molecule has 0 saturated heterocycles. The summed E-state index contributed by atoms with van der Waals surface area (Å²) in [5.41, 5.74) is 5.24. The Morgan fingerprint density at radius 1 is 1.36 bits per heavy atom. The predicted octanol–water partition coefficient (Wildman–Crippen LogP) is 2.11. The van der Waals surface area contributed by atoms with E-state index < -0.39 is 0 Å². The minimum atomic E-state index is -0.0840. The number of nitrogens with two attached hydrogens (primary N) is 1. The second kappa shape index (κ2) is 4.63. The zero-order chi connectivity index (χ0) is 10.7. The third-order valence-corrected chi connectivity index (χ3v) is 1.91. The summed E-state index contributed by atoms with van der Waals surface area (Å²) in [6.45, 7) is 1.54. The Labute approximate surface area is 94.8 Å². The van der Waals surface area contributed by atoms with Crippen LogP contribution in [-0.2, 0) is 0 Å². The Hall–Kier alpha value is -0.780. The van der Waals surface area contributed by atoms with Crippen molar-refractivity contribution in [2.45, 2.75) is 6.92 Å². The summed E-state index contributed by atoms with van der Waals surface area (Å²) < 4.78 is 0. The number of hydrogen-bond donors (Lipinski definition) is 1. The van der Waals surface area contributed by atoms with Gasteiger partial charge in [0.25, 0.3) is 5.88 Å². The molecule has 14 heavy (non-hydrogen) atoms. The number of amidine groups is 1. The predicted molar refractivity (Wildman–Crippen MR) is 55.0 cm³/mol. The van der Waals surface area contributed by atoms with Crippen LogP contribution in [0.3, 0.4) is 0 Å². The van der Waals surface area contributed by atoms with Crippen molar-refractivity contribution in [1.29, 1.82) is 0 Å². The molecule has 2 N–H and O–H groups in total. The standard InChI is InChI=1S/C6H5Cl3N4O/c1-2(10)13-14-5-3(7)4(8)11-6(9)12-5/h1H3,(H2,10,13). The molecule has 0 radical (unpaired) electrons. The van der Waals surface area contributed by atoms with E-state index in [4.69, 9.17) is 45.4 Å². The smallest absolute Gasteiger partial charge is 0.273 e. The average Bonchev–Trinajstić information content (AvgIpc) is 2.08. The Balaban J connectivity index is 3.02. The summed E-state index contributed by atoms with van der Waals surface area (Å²) in [6, 6.07) is 0. The van der Waals surface area contributed by atoms with Crippen LogP contribution in [0.5, 0.6) is 5.88 Å². The van der Waals surface area contributed by atoms with Gasteiger partial charge in [-0.05, 0) is 18.5 Å². The van der Waals surface area contributed by atoms with E-state index in [-0.39, 0.29) is 27.2 Å². The third kappa shape index (κ3) is 2.87. The number of halogens is 3. The number of rotatable bonds is 2. The average molecular weight is 255 g/mol. The summed E-state index contributed by atoms with van der Waals surface area (Å²) in [7, 11) is 0. The van der Waals surface area contributed by atoms with Crippen LogP contribution in [0.4, 0.5) is 0 Å². The van der Waals surface area contributed by atoms with Crippen LogP contribution in [0, 0.1) is 0 Å². The highest BCUT2D eigenvalue weighted by Gasteiger charge is 2.11. The molecule has 1 rings (SSSR count). The Morgan fingerprint density at radius 3 is 2.57 bits per heavy atom. The van der Waals surface area contributed by atoms with Gasteiger partial charge >= 0.3 is 0 Å². The molecule has 0 aliphatic heterocycles. The van der Waals surface area contributed by atoms with Gasteiger partial charge < -0.3 is 10.6 Å². The minimum absolute atomic E-state index is 0.00783. The molecule has 76 valence electrons. The van der Waals surface area contributed by atoms with Crippen LogP contribution in [-0.4, -0.2) is 15.8 Å². The number of nitrogens with zero attached hydrogens (tertiary/aromatic N) is 3. The van der Waals surface area contributed by atoms with Crippen molar-refractivity contribution in [3.8, 4) is 5.88 Å². The first-order chi connectivity index (χ1) is 6.50. The Kier molecular flexibility index (Phi) is 3.74. The van der Waals surface area contributed by atoms with Crippen molar-refractivity contribution in [3.63, 3.8) is 0 Å². The van der Waals surface area contributed by atoms with E-state index in [0.29, 0.717) is 0 Å². The van der Waals surface area contributed by atoms with Gasteiger partial charge in [-0.1, -0.05) is 28.4 Å². The lowest BCUT2D eigenvalue weighted by Crippen LogP contribution is -2.07. The molecule has 0 aliphatic rings. The van der Waals surface area contributed by atoms with Crippen LogP contribution in [0.15, 0.2) is 5.16 Å². The van der Waals surface area contributed by atoms with E-state index in [1.54, 1.807) is 0 Å². The highest BCUT2D eigenvalue weighted by molar-refractivity contribution is 6.42. The summed E-state index contributed by atoms with van der Waals surface area (Å²) in [5, 5.41) is 3.38. The second-order valence-corrected chi connectivity index (χ2v) is 3.30. The molecule has 0 fully saturated rings. The van der Waals surface area contributed by atoms with E-state index in [2.05, 4.69) is 15.1 Å². The van der Waals surface area contributed by atoms with Crippen LogP contribution in [0.25, 0.3) is 0 Å². The highest BCUT2D eigenvalue weighted by Crippen LogP contribution is 2.29. The van der Waals surface area contributed by atoms with Crippen molar-refractivity contribution in [1.82, 2.24) is 9.97 Å². The second-order valence-electron chi connectivity index (χ2n) is 2.23. The lowest BCUT2D eigenvalue weighted by atomic mass is 10.6. The van der Waals surface area contributed by atoms with E-state index in [1.807, 2.05) is 0 Å². The van der Waals surface area contributed by atoms with E-state index in [9.17, 15) is 0 Å². The summed E-state index contributed by atoms with van der Waals surface area (Å²) in [5.74, 6) is 0.174. The topological polar surface area (TPSA) is 73.4 Å². The van der Waals surface area contributed by atoms with E-state index in [0.717, 1.165) is 0 Å². The van der Waals surface area contributed by atoms with Crippen molar-refractivity contribution in [2.24, 2.45) is 10.9 Å². The molecule has 5 nitrogen and oxygen atoms in total. The molecule has 0 aliphatic carbocycles. The van der Waals surface area contributed by atoms with Crippen LogP contribution >= 0.6 is 34.8 Å². The van der Waals surface area contributed by atoms with Crippen LogP contribution in [0.2, 0.25) is 15.5 Å². The molecule has 0 bridgehead atoms. The molecule has 0 atom stereocenters. The van der Waals surface area contributed by atoms with Gasteiger partial charge in [0, 0.05) is 0 Å². The fourth-order valence-electron chi connectivity index (χ4n) is 0.552. The fourth-order valence-corrected chi connectivity index (χ4v) is 1.04. The maximum Gasteiger partial charge on any atom is 0.273 e. The van der Waals surface area contributed by atoms with Gasteiger partial charge in [0.05, 0.1) is 0 Å². The third-order valence-electron chi connectivity index (χ3n) is 1.03. The molecule has 1 heterocycles. The molecule has 0 aromatic carbocycles. The maximum atomic E-state index is 5.70. The first-order valence-electron chi connectivity index (χ1n) is 3.36. The monoisotopic (exact) mass is 254 g/mol. The van der Waals surface area contributed by atoms with E-state index >= 15 is 0 Å². The molecular formula is C6H5Cl3N4O. The van der Waals surface area contributed by atoms with Crippen LogP contribution in [0.1, 0.15) is 6.92 Å².